The summed E-state index contributed by atoms with van der Waals surface area (Å²) in [6.45, 7) is 5.38. The smallest absolute Gasteiger partial charge is 0.255 e. The van der Waals surface area contributed by atoms with Crippen LogP contribution in [0.25, 0.3) is 0 Å². The Hall–Kier alpha value is -2.38. The standard InChI is InChI=1S/C19H21ClN2O4S/c1-19(2,3)18(24)21-13-8-9-16(15(20)11-13)22-17(23)12-6-5-7-14(10-12)27(4,25)26/h5-11H,1-4H3,(H,21,24)(H,22,23). The van der Waals surface area contributed by atoms with Gasteiger partial charge in [0.25, 0.3) is 5.91 Å². The monoisotopic (exact) mass is 408 g/mol. The topological polar surface area (TPSA) is 92.3 Å². The molecule has 0 radical (unpaired) electrons. The number of anilines is 2. The summed E-state index contributed by atoms with van der Waals surface area (Å²) in [5, 5.41) is 5.64. The average molecular weight is 409 g/mol. The molecule has 0 aliphatic heterocycles. The Morgan fingerprint density at radius 2 is 1.67 bits per heavy atom. The minimum Gasteiger partial charge on any atom is -0.326 e. The predicted octanol–water partition coefficient (Wildman–Crippen LogP) is 3.98. The summed E-state index contributed by atoms with van der Waals surface area (Å²) in [7, 11) is -3.42. The number of carbonyl (C=O) groups excluding carboxylic acids is 2. The summed E-state index contributed by atoms with van der Waals surface area (Å²) in [5.41, 5.74) is 0.501. The first-order valence-electron chi connectivity index (χ1n) is 8.10. The lowest BCUT2D eigenvalue weighted by Gasteiger charge is -2.18. The van der Waals surface area contributed by atoms with Crippen molar-refractivity contribution in [3.05, 3.63) is 53.1 Å². The van der Waals surface area contributed by atoms with Crippen LogP contribution in [-0.4, -0.2) is 26.5 Å². The molecule has 0 heterocycles. The van der Waals surface area contributed by atoms with E-state index >= 15 is 0 Å². The molecular formula is C19H21ClN2O4S. The molecule has 8 heteroatoms. The fraction of sp³-hybridized carbons (Fsp3) is 0.263. The van der Waals surface area contributed by atoms with Crippen molar-refractivity contribution in [1.29, 1.82) is 0 Å². The highest BCUT2D eigenvalue weighted by molar-refractivity contribution is 7.90. The molecule has 0 saturated heterocycles. The van der Waals surface area contributed by atoms with Crippen molar-refractivity contribution < 1.29 is 18.0 Å². The highest BCUT2D eigenvalue weighted by atomic mass is 35.5. The van der Waals surface area contributed by atoms with Gasteiger partial charge in [-0.1, -0.05) is 38.4 Å². The Morgan fingerprint density at radius 1 is 1.00 bits per heavy atom. The van der Waals surface area contributed by atoms with Crippen LogP contribution in [0, 0.1) is 5.41 Å². The van der Waals surface area contributed by atoms with Gasteiger partial charge in [0.05, 0.1) is 15.6 Å². The van der Waals surface area contributed by atoms with E-state index in [1.165, 1.54) is 30.3 Å². The third-order valence-corrected chi connectivity index (χ3v) is 5.10. The van der Waals surface area contributed by atoms with Gasteiger partial charge in [-0.3, -0.25) is 9.59 Å². The van der Waals surface area contributed by atoms with Gasteiger partial charge in [0.2, 0.25) is 5.91 Å². The molecule has 27 heavy (non-hydrogen) atoms. The van der Waals surface area contributed by atoms with Crippen molar-refractivity contribution >= 4 is 44.6 Å². The predicted molar refractivity (Wildman–Crippen MR) is 107 cm³/mol. The van der Waals surface area contributed by atoms with Gasteiger partial charge in [-0.05, 0) is 36.4 Å². The number of carbonyl (C=O) groups is 2. The molecule has 2 aromatic carbocycles. The molecule has 2 rings (SSSR count). The summed E-state index contributed by atoms with van der Waals surface area (Å²) in [6, 6.07) is 10.5. The van der Waals surface area contributed by atoms with Gasteiger partial charge in [-0.25, -0.2) is 8.42 Å². The molecule has 2 aromatic rings. The lowest BCUT2D eigenvalue weighted by molar-refractivity contribution is -0.123. The molecule has 0 saturated carbocycles. The second-order valence-electron chi connectivity index (χ2n) is 7.15. The van der Waals surface area contributed by atoms with Gasteiger partial charge >= 0.3 is 0 Å². The van der Waals surface area contributed by atoms with Crippen molar-refractivity contribution in [2.75, 3.05) is 16.9 Å². The molecule has 0 unspecified atom stereocenters. The van der Waals surface area contributed by atoms with Crippen LogP contribution in [0.1, 0.15) is 31.1 Å². The lowest BCUT2D eigenvalue weighted by Crippen LogP contribution is -2.27. The van der Waals surface area contributed by atoms with Gasteiger partial charge < -0.3 is 10.6 Å². The largest absolute Gasteiger partial charge is 0.326 e. The van der Waals surface area contributed by atoms with Crippen LogP contribution in [-0.2, 0) is 14.6 Å². The van der Waals surface area contributed by atoms with Gasteiger partial charge in [0.15, 0.2) is 9.84 Å². The lowest BCUT2D eigenvalue weighted by atomic mass is 9.95. The number of nitrogens with one attached hydrogen (secondary N) is 2. The van der Waals surface area contributed by atoms with E-state index in [0.717, 1.165) is 6.26 Å². The highest BCUT2D eigenvalue weighted by Gasteiger charge is 2.21. The fourth-order valence-corrected chi connectivity index (χ4v) is 2.97. The van der Waals surface area contributed by atoms with Crippen LogP contribution >= 0.6 is 11.6 Å². The third kappa shape index (κ3) is 5.55. The SMILES string of the molecule is CC(C)(C)C(=O)Nc1ccc(NC(=O)c2cccc(S(C)(=O)=O)c2)c(Cl)c1. The number of halogens is 1. The molecule has 0 spiro atoms. The zero-order valence-corrected chi connectivity index (χ0v) is 17.0. The normalized spacial score (nSPS) is 11.7. The molecule has 0 aliphatic rings. The maximum Gasteiger partial charge on any atom is 0.255 e. The van der Waals surface area contributed by atoms with Crippen molar-refractivity contribution in [3.8, 4) is 0 Å². The van der Waals surface area contributed by atoms with E-state index in [9.17, 15) is 18.0 Å². The minimum atomic E-state index is -3.42. The minimum absolute atomic E-state index is 0.0569. The van der Waals surface area contributed by atoms with Gasteiger partial charge in [-0.15, -0.1) is 0 Å². The Balaban J connectivity index is 2.18. The van der Waals surface area contributed by atoms with Gasteiger partial charge in [0.1, 0.15) is 0 Å². The van der Waals surface area contributed by atoms with E-state index in [2.05, 4.69) is 10.6 Å². The number of sulfone groups is 1. The number of amides is 2. The number of benzene rings is 2. The zero-order valence-electron chi connectivity index (χ0n) is 15.5. The van der Waals surface area contributed by atoms with Crippen molar-refractivity contribution in [2.24, 2.45) is 5.41 Å². The van der Waals surface area contributed by atoms with Crippen LogP contribution in [0.15, 0.2) is 47.4 Å². The fourth-order valence-electron chi connectivity index (χ4n) is 2.08. The van der Waals surface area contributed by atoms with Crippen molar-refractivity contribution in [2.45, 2.75) is 25.7 Å². The average Bonchev–Trinajstić information content (AvgIpc) is 2.55. The molecule has 0 fully saturated rings. The summed E-state index contributed by atoms with van der Waals surface area (Å²) >= 11 is 6.20. The molecule has 0 aliphatic carbocycles. The second kappa shape index (κ2) is 7.70. The Labute approximate surface area is 163 Å². The van der Waals surface area contributed by atoms with Crippen LogP contribution in [0.2, 0.25) is 5.02 Å². The van der Waals surface area contributed by atoms with Gasteiger partial charge in [-0.2, -0.15) is 0 Å². The molecule has 6 nitrogen and oxygen atoms in total. The number of hydrogen-bond acceptors (Lipinski definition) is 4. The quantitative estimate of drug-likeness (QED) is 0.800. The van der Waals surface area contributed by atoms with E-state index in [0.29, 0.717) is 11.4 Å². The van der Waals surface area contributed by atoms with Crippen LogP contribution in [0.5, 0.6) is 0 Å². The van der Waals surface area contributed by atoms with Crippen LogP contribution in [0.3, 0.4) is 0 Å². The Morgan fingerprint density at radius 3 is 2.22 bits per heavy atom. The maximum absolute atomic E-state index is 12.4. The van der Waals surface area contributed by atoms with E-state index < -0.39 is 21.2 Å². The first kappa shape index (κ1) is 20.9. The number of hydrogen-bond donors (Lipinski definition) is 2. The summed E-state index contributed by atoms with van der Waals surface area (Å²) < 4.78 is 23.3. The molecule has 2 amide bonds. The first-order chi connectivity index (χ1) is 12.4. The summed E-state index contributed by atoms with van der Waals surface area (Å²) in [6.07, 6.45) is 1.07. The molecule has 2 N–H and O–H groups in total. The zero-order chi connectivity index (χ0) is 20.4. The molecule has 144 valence electrons. The van der Waals surface area contributed by atoms with E-state index in [1.54, 1.807) is 32.9 Å². The van der Waals surface area contributed by atoms with E-state index in [-0.39, 0.29) is 21.4 Å². The van der Waals surface area contributed by atoms with E-state index in [1.807, 2.05) is 0 Å². The van der Waals surface area contributed by atoms with Crippen LogP contribution < -0.4 is 10.6 Å². The first-order valence-corrected chi connectivity index (χ1v) is 10.4. The maximum atomic E-state index is 12.4. The molecule has 0 atom stereocenters. The van der Waals surface area contributed by atoms with Gasteiger partial charge in [0, 0.05) is 22.9 Å². The molecule has 0 bridgehead atoms. The van der Waals surface area contributed by atoms with Crippen molar-refractivity contribution in [3.63, 3.8) is 0 Å². The highest BCUT2D eigenvalue weighted by Crippen LogP contribution is 2.27. The molecular weight excluding hydrogens is 388 g/mol. The Kier molecular flexibility index (Phi) is 5.97. The third-order valence-electron chi connectivity index (χ3n) is 3.68. The Bertz CT molecular complexity index is 995. The van der Waals surface area contributed by atoms with E-state index in [4.69, 9.17) is 11.6 Å². The summed E-state index contributed by atoms with van der Waals surface area (Å²) in [4.78, 5) is 24.5. The second-order valence-corrected chi connectivity index (χ2v) is 9.58. The van der Waals surface area contributed by atoms with Crippen molar-refractivity contribution in [1.82, 2.24) is 0 Å². The molecule has 0 aromatic heterocycles. The van der Waals surface area contributed by atoms with Crippen LogP contribution in [0.4, 0.5) is 11.4 Å². The summed E-state index contributed by atoms with van der Waals surface area (Å²) in [5.74, 6) is -0.651. The number of rotatable bonds is 4.